The van der Waals surface area contributed by atoms with Gasteiger partial charge in [0.25, 0.3) is 0 Å². The van der Waals surface area contributed by atoms with E-state index in [4.69, 9.17) is 10.8 Å². The first kappa shape index (κ1) is 12.9. The van der Waals surface area contributed by atoms with Gasteiger partial charge in [-0.3, -0.25) is 4.68 Å². The number of aromatic nitrogens is 3. The van der Waals surface area contributed by atoms with E-state index in [1.165, 1.54) is 10.9 Å². The van der Waals surface area contributed by atoms with Crippen LogP contribution in [0.3, 0.4) is 0 Å². The highest BCUT2D eigenvalue weighted by Gasteiger charge is 2.07. The Morgan fingerprint density at radius 3 is 2.79 bits per heavy atom. The first-order valence-electron chi connectivity index (χ1n) is 4.07. The minimum atomic E-state index is -1.05. The lowest BCUT2D eigenvalue weighted by Gasteiger charge is -1.96. The molecule has 0 aliphatic rings. The number of carboxylic acids is 1. The van der Waals surface area contributed by atoms with E-state index in [0.717, 1.165) is 12.8 Å². The van der Waals surface area contributed by atoms with Crippen LogP contribution in [-0.2, 0) is 6.54 Å². The summed E-state index contributed by atoms with van der Waals surface area (Å²) in [5, 5.41) is 15.7. The molecule has 6 nitrogen and oxygen atoms in total. The molecule has 0 fully saturated rings. The number of aryl methyl sites for hydroxylation is 1. The number of carboxylic acid groups (broad SMARTS) is 1. The Balaban J connectivity index is 0.00000169. The topological polar surface area (TPSA) is 94.0 Å². The van der Waals surface area contributed by atoms with Crippen molar-refractivity contribution >= 4 is 18.4 Å². The molecule has 80 valence electrons. The first-order chi connectivity index (χ1) is 6.24. The number of unbranched alkanes of at least 4 members (excludes halogenated alkanes) is 1. The van der Waals surface area contributed by atoms with Crippen LogP contribution in [0, 0.1) is 0 Å². The third-order valence-corrected chi connectivity index (χ3v) is 1.60. The van der Waals surface area contributed by atoms with Crippen molar-refractivity contribution in [3.63, 3.8) is 0 Å². The van der Waals surface area contributed by atoms with Crippen LogP contribution >= 0.6 is 12.4 Å². The van der Waals surface area contributed by atoms with Gasteiger partial charge in [0.05, 0.1) is 6.20 Å². The SMILES string of the molecule is Cl.NCCCCn1cc(C(=O)O)nn1. The van der Waals surface area contributed by atoms with Crippen molar-refractivity contribution in [2.24, 2.45) is 5.73 Å². The first-order valence-corrected chi connectivity index (χ1v) is 4.07. The van der Waals surface area contributed by atoms with Crippen molar-refractivity contribution in [3.8, 4) is 0 Å². The number of aromatic carboxylic acids is 1. The van der Waals surface area contributed by atoms with E-state index in [2.05, 4.69) is 10.3 Å². The van der Waals surface area contributed by atoms with Crippen molar-refractivity contribution in [2.75, 3.05) is 6.54 Å². The smallest absolute Gasteiger partial charge is 0.358 e. The van der Waals surface area contributed by atoms with Crippen molar-refractivity contribution in [1.82, 2.24) is 15.0 Å². The van der Waals surface area contributed by atoms with Crippen LogP contribution in [-0.4, -0.2) is 32.6 Å². The predicted octanol–water partition coefficient (Wildman–Crippen LogP) is 0.137. The fourth-order valence-electron chi connectivity index (χ4n) is 0.924. The average molecular weight is 221 g/mol. The minimum Gasteiger partial charge on any atom is -0.476 e. The second-order valence-electron chi connectivity index (χ2n) is 2.67. The molecular weight excluding hydrogens is 208 g/mol. The number of rotatable bonds is 5. The normalized spacial score (nSPS) is 9.50. The molecule has 1 aromatic heterocycles. The highest BCUT2D eigenvalue weighted by Crippen LogP contribution is 1.95. The standard InChI is InChI=1S/C7H12N4O2.ClH/c8-3-1-2-4-11-5-6(7(12)13)9-10-11;/h5H,1-4,8H2,(H,12,13);1H. The molecule has 14 heavy (non-hydrogen) atoms. The zero-order valence-corrected chi connectivity index (χ0v) is 8.40. The molecule has 0 bridgehead atoms. The molecule has 0 aromatic carbocycles. The number of carbonyl (C=O) groups is 1. The molecule has 1 heterocycles. The van der Waals surface area contributed by atoms with Gasteiger partial charge in [0, 0.05) is 6.54 Å². The van der Waals surface area contributed by atoms with Crippen LogP contribution in [0.2, 0.25) is 0 Å². The summed E-state index contributed by atoms with van der Waals surface area (Å²) in [4.78, 5) is 10.4. The van der Waals surface area contributed by atoms with E-state index in [1.807, 2.05) is 0 Å². The van der Waals surface area contributed by atoms with E-state index < -0.39 is 5.97 Å². The van der Waals surface area contributed by atoms with Gasteiger partial charge in [-0.15, -0.1) is 17.5 Å². The number of hydrogen-bond donors (Lipinski definition) is 2. The minimum absolute atomic E-state index is 0. The zero-order valence-electron chi connectivity index (χ0n) is 7.59. The third-order valence-electron chi connectivity index (χ3n) is 1.60. The summed E-state index contributed by atoms with van der Waals surface area (Å²) >= 11 is 0. The van der Waals surface area contributed by atoms with Crippen LogP contribution in [0.15, 0.2) is 6.20 Å². The molecule has 0 saturated heterocycles. The molecule has 0 atom stereocenters. The number of nitrogens with zero attached hydrogens (tertiary/aromatic N) is 3. The highest BCUT2D eigenvalue weighted by molar-refractivity contribution is 5.85. The monoisotopic (exact) mass is 220 g/mol. The highest BCUT2D eigenvalue weighted by atomic mass is 35.5. The summed E-state index contributed by atoms with van der Waals surface area (Å²) in [6.45, 7) is 1.30. The number of hydrogen-bond acceptors (Lipinski definition) is 4. The van der Waals surface area contributed by atoms with Crippen LogP contribution in [0.4, 0.5) is 0 Å². The Kier molecular flexibility index (Phi) is 5.82. The Morgan fingerprint density at radius 1 is 1.57 bits per heavy atom. The molecule has 0 radical (unpaired) electrons. The molecule has 1 aromatic rings. The summed E-state index contributed by atoms with van der Waals surface area (Å²) in [6, 6.07) is 0. The van der Waals surface area contributed by atoms with Crippen LogP contribution in [0.25, 0.3) is 0 Å². The molecule has 0 aliphatic heterocycles. The van der Waals surface area contributed by atoms with Gasteiger partial charge in [0.15, 0.2) is 5.69 Å². The second-order valence-corrected chi connectivity index (χ2v) is 2.67. The maximum Gasteiger partial charge on any atom is 0.358 e. The second kappa shape index (κ2) is 6.33. The van der Waals surface area contributed by atoms with Crippen molar-refractivity contribution in [3.05, 3.63) is 11.9 Å². The van der Waals surface area contributed by atoms with Crippen LogP contribution in [0.5, 0.6) is 0 Å². The van der Waals surface area contributed by atoms with Gasteiger partial charge in [-0.2, -0.15) is 0 Å². The molecule has 0 saturated carbocycles. The molecule has 1 rings (SSSR count). The number of halogens is 1. The van der Waals surface area contributed by atoms with E-state index in [1.54, 1.807) is 0 Å². The summed E-state index contributed by atoms with van der Waals surface area (Å²) in [6.07, 6.45) is 3.21. The summed E-state index contributed by atoms with van der Waals surface area (Å²) in [5.41, 5.74) is 5.29. The van der Waals surface area contributed by atoms with Crippen molar-refractivity contribution < 1.29 is 9.90 Å². The van der Waals surface area contributed by atoms with Gasteiger partial charge in [-0.05, 0) is 19.4 Å². The molecule has 0 spiro atoms. The van der Waals surface area contributed by atoms with Gasteiger partial charge < -0.3 is 10.8 Å². The van der Waals surface area contributed by atoms with E-state index >= 15 is 0 Å². The van der Waals surface area contributed by atoms with Gasteiger partial charge >= 0.3 is 5.97 Å². The summed E-state index contributed by atoms with van der Waals surface area (Å²) in [5.74, 6) is -1.05. The van der Waals surface area contributed by atoms with Gasteiger partial charge in [0.2, 0.25) is 0 Å². The predicted molar refractivity (Wildman–Crippen MR) is 52.5 cm³/mol. The lowest BCUT2D eigenvalue weighted by Crippen LogP contribution is -2.03. The molecule has 7 heteroatoms. The fraction of sp³-hybridized carbons (Fsp3) is 0.571. The molecule has 0 amide bonds. The van der Waals surface area contributed by atoms with Gasteiger partial charge in [-0.25, -0.2) is 4.79 Å². The maximum absolute atomic E-state index is 10.4. The Hall–Kier alpha value is -1.14. The van der Waals surface area contributed by atoms with Crippen LogP contribution in [0.1, 0.15) is 23.3 Å². The molecule has 0 unspecified atom stereocenters. The lowest BCUT2D eigenvalue weighted by atomic mass is 10.3. The average Bonchev–Trinajstić information content (AvgIpc) is 2.53. The number of nitrogens with two attached hydrogens (primary N) is 1. The summed E-state index contributed by atoms with van der Waals surface area (Å²) < 4.78 is 1.51. The summed E-state index contributed by atoms with van der Waals surface area (Å²) in [7, 11) is 0. The molecular formula is C7H13ClN4O2. The largest absolute Gasteiger partial charge is 0.476 e. The van der Waals surface area contributed by atoms with Crippen LogP contribution < -0.4 is 5.73 Å². The Bertz CT molecular complexity index is 289. The zero-order chi connectivity index (χ0) is 9.68. The fourth-order valence-corrected chi connectivity index (χ4v) is 0.924. The van der Waals surface area contributed by atoms with E-state index in [9.17, 15) is 4.79 Å². The van der Waals surface area contributed by atoms with E-state index in [-0.39, 0.29) is 18.1 Å². The molecule has 3 N–H and O–H groups in total. The Morgan fingerprint density at radius 2 is 2.29 bits per heavy atom. The lowest BCUT2D eigenvalue weighted by molar-refractivity contribution is 0.0690. The Labute approximate surface area is 87.5 Å². The quantitative estimate of drug-likeness (QED) is 0.689. The maximum atomic E-state index is 10.4. The van der Waals surface area contributed by atoms with Gasteiger partial charge in [-0.1, -0.05) is 5.21 Å². The van der Waals surface area contributed by atoms with E-state index in [0.29, 0.717) is 13.1 Å². The third kappa shape index (κ3) is 3.71. The molecule has 0 aliphatic carbocycles. The van der Waals surface area contributed by atoms with Gasteiger partial charge in [0.1, 0.15) is 0 Å². The van der Waals surface area contributed by atoms with Crippen molar-refractivity contribution in [1.29, 1.82) is 0 Å². The van der Waals surface area contributed by atoms with Crippen molar-refractivity contribution in [2.45, 2.75) is 19.4 Å².